The number of carbonyl (C=O) groups is 1. The fourth-order valence-electron chi connectivity index (χ4n) is 2.25. The number of halogens is 1. The number of para-hydroxylation sites is 1. The Morgan fingerprint density at radius 2 is 2.17 bits per heavy atom. The van der Waals surface area contributed by atoms with Gasteiger partial charge in [0.05, 0.1) is 17.2 Å². The number of rotatable bonds is 6. The molecule has 0 spiro atoms. The standard InChI is InChI=1S/C16H22N4O2.ClH/c1-11-4-3-5-13-15(11)19-10-20(16(13)22)9-7-14(21)18-8-6-12(2)17;/h3-5,10,12H,6-9,17H2,1-2H3,(H,18,21);1H. The van der Waals surface area contributed by atoms with Gasteiger partial charge in [0.25, 0.3) is 5.56 Å². The van der Waals surface area contributed by atoms with Crippen LogP contribution >= 0.6 is 12.4 Å². The van der Waals surface area contributed by atoms with Gasteiger partial charge in [-0.05, 0) is 31.9 Å². The molecule has 0 fully saturated rings. The van der Waals surface area contributed by atoms with Crippen molar-refractivity contribution in [3.8, 4) is 0 Å². The Bertz CT molecular complexity index is 728. The van der Waals surface area contributed by atoms with Crippen molar-refractivity contribution < 1.29 is 4.79 Å². The molecule has 2 rings (SSSR count). The fourth-order valence-corrected chi connectivity index (χ4v) is 2.25. The molecule has 0 bridgehead atoms. The molecule has 6 nitrogen and oxygen atoms in total. The van der Waals surface area contributed by atoms with Crippen molar-refractivity contribution >= 4 is 29.2 Å². The van der Waals surface area contributed by atoms with Gasteiger partial charge in [-0.15, -0.1) is 12.4 Å². The molecule has 0 aliphatic heterocycles. The summed E-state index contributed by atoms with van der Waals surface area (Å²) in [6.07, 6.45) is 2.49. The quantitative estimate of drug-likeness (QED) is 0.832. The second-order valence-corrected chi connectivity index (χ2v) is 5.58. The van der Waals surface area contributed by atoms with E-state index in [9.17, 15) is 9.59 Å². The average Bonchev–Trinajstić information content (AvgIpc) is 2.47. The van der Waals surface area contributed by atoms with Gasteiger partial charge >= 0.3 is 0 Å². The topological polar surface area (TPSA) is 90.0 Å². The van der Waals surface area contributed by atoms with Crippen LogP contribution in [0.2, 0.25) is 0 Å². The van der Waals surface area contributed by atoms with Gasteiger partial charge in [-0.3, -0.25) is 14.2 Å². The maximum Gasteiger partial charge on any atom is 0.261 e. The highest BCUT2D eigenvalue weighted by Crippen LogP contribution is 2.11. The molecule has 1 unspecified atom stereocenters. The van der Waals surface area contributed by atoms with Crippen molar-refractivity contribution in [1.82, 2.24) is 14.9 Å². The van der Waals surface area contributed by atoms with Gasteiger partial charge in [-0.25, -0.2) is 4.98 Å². The molecule has 0 radical (unpaired) electrons. The maximum absolute atomic E-state index is 12.4. The minimum atomic E-state index is -0.114. The van der Waals surface area contributed by atoms with Crippen molar-refractivity contribution in [2.45, 2.75) is 39.3 Å². The van der Waals surface area contributed by atoms with E-state index in [-0.39, 0.29) is 36.3 Å². The summed E-state index contributed by atoms with van der Waals surface area (Å²) in [6.45, 7) is 4.69. The number of aromatic nitrogens is 2. The van der Waals surface area contributed by atoms with E-state index in [0.717, 1.165) is 12.0 Å². The molecule has 126 valence electrons. The van der Waals surface area contributed by atoms with Crippen molar-refractivity contribution in [1.29, 1.82) is 0 Å². The van der Waals surface area contributed by atoms with Gasteiger partial charge in [-0.2, -0.15) is 0 Å². The Morgan fingerprint density at radius 3 is 2.87 bits per heavy atom. The van der Waals surface area contributed by atoms with Gasteiger partial charge in [0.15, 0.2) is 0 Å². The van der Waals surface area contributed by atoms with Crippen LogP contribution in [0.1, 0.15) is 25.3 Å². The highest BCUT2D eigenvalue weighted by atomic mass is 35.5. The lowest BCUT2D eigenvalue weighted by atomic mass is 10.1. The Labute approximate surface area is 141 Å². The first kappa shape index (κ1) is 19.1. The summed E-state index contributed by atoms with van der Waals surface area (Å²) >= 11 is 0. The second-order valence-electron chi connectivity index (χ2n) is 5.58. The molecule has 1 aromatic carbocycles. The zero-order valence-electron chi connectivity index (χ0n) is 13.4. The molecular formula is C16H23ClN4O2. The third-order valence-electron chi connectivity index (χ3n) is 3.56. The highest BCUT2D eigenvalue weighted by molar-refractivity contribution is 5.85. The SMILES string of the molecule is Cc1cccc2c(=O)n(CCC(=O)NCCC(C)N)cnc12.Cl. The van der Waals surface area contributed by atoms with Gasteiger partial charge in [0.2, 0.25) is 5.91 Å². The van der Waals surface area contributed by atoms with Crippen LogP contribution in [0.25, 0.3) is 10.9 Å². The second kappa shape index (κ2) is 8.64. The van der Waals surface area contributed by atoms with E-state index >= 15 is 0 Å². The number of carbonyl (C=O) groups excluding carboxylic acids is 1. The lowest BCUT2D eigenvalue weighted by Crippen LogP contribution is -2.30. The first-order valence-corrected chi connectivity index (χ1v) is 7.46. The molecular weight excluding hydrogens is 316 g/mol. The summed E-state index contributed by atoms with van der Waals surface area (Å²) in [4.78, 5) is 28.4. The van der Waals surface area contributed by atoms with E-state index in [1.165, 1.54) is 10.9 Å². The Balaban J connectivity index is 0.00000264. The van der Waals surface area contributed by atoms with Crippen LogP contribution in [0, 0.1) is 6.92 Å². The third-order valence-corrected chi connectivity index (χ3v) is 3.56. The van der Waals surface area contributed by atoms with Gasteiger partial charge in [0, 0.05) is 25.6 Å². The molecule has 1 heterocycles. The van der Waals surface area contributed by atoms with Crippen LogP contribution < -0.4 is 16.6 Å². The number of nitrogens with zero attached hydrogens (tertiary/aromatic N) is 2. The Morgan fingerprint density at radius 1 is 1.43 bits per heavy atom. The number of benzene rings is 1. The summed E-state index contributed by atoms with van der Waals surface area (Å²) in [5.41, 5.74) is 7.19. The number of nitrogens with two attached hydrogens (primary N) is 1. The van der Waals surface area contributed by atoms with Crippen molar-refractivity contribution in [2.24, 2.45) is 5.73 Å². The number of aryl methyl sites for hydroxylation is 2. The predicted molar refractivity (Wildman–Crippen MR) is 93.9 cm³/mol. The number of fused-ring (bicyclic) bond motifs is 1. The van der Waals surface area contributed by atoms with E-state index in [1.807, 2.05) is 26.0 Å². The number of hydrogen-bond acceptors (Lipinski definition) is 4. The summed E-state index contributed by atoms with van der Waals surface area (Å²) in [5.74, 6) is -0.0862. The number of hydrogen-bond donors (Lipinski definition) is 2. The van der Waals surface area contributed by atoms with Crippen molar-refractivity contribution in [2.75, 3.05) is 6.54 Å². The molecule has 1 aromatic heterocycles. The number of amides is 1. The largest absolute Gasteiger partial charge is 0.356 e. The molecule has 0 saturated carbocycles. The minimum Gasteiger partial charge on any atom is -0.356 e. The van der Waals surface area contributed by atoms with Gasteiger partial charge in [0.1, 0.15) is 0 Å². The number of nitrogens with one attached hydrogen (secondary N) is 1. The Kier molecular flexibility index (Phi) is 7.19. The van der Waals surface area contributed by atoms with Crippen LogP contribution in [0.15, 0.2) is 29.3 Å². The monoisotopic (exact) mass is 338 g/mol. The first-order chi connectivity index (χ1) is 10.5. The van der Waals surface area contributed by atoms with Crippen LogP contribution in [-0.2, 0) is 11.3 Å². The summed E-state index contributed by atoms with van der Waals surface area (Å²) in [6, 6.07) is 5.59. The maximum atomic E-state index is 12.4. The summed E-state index contributed by atoms with van der Waals surface area (Å²) in [7, 11) is 0. The summed E-state index contributed by atoms with van der Waals surface area (Å²) in [5, 5.41) is 3.38. The van der Waals surface area contributed by atoms with Crippen molar-refractivity contribution in [3.63, 3.8) is 0 Å². The lowest BCUT2D eigenvalue weighted by Gasteiger charge is -2.09. The average molecular weight is 339 g/mol. The molecule has 0 saturated heterocycles. The van der Waals surface area contributed by atoms with Gasteiger partial charge < -0.3 is 11.1 Å². The highest BCUT2D eigenvalue weighted by Gasteiger charge is 2.07. The van der Waals surface area contributed by atoms with E-state index in [2.05, 4.69) is 10.3 Å². The predicted octanol–water partition coefficient (Wildman–Crippen LogP) is 1.37. The lowest BCUT2D eigenvalue weighted by molar-refractivity contribution is -0.121. The zero-order valence-corrected chi connectivity index (χ0v) is 14.2. The van der Waals surface area contributed by atoms with Crippen LogP contribution in [0.5, 0.6) is 0 Å². The molecule has 1 atom stereocenters. The van der Waals surface area contributed by atoms with E-state index in [1.54, 1.807) is 6.07 Å². The third kappa shape index (κ3) is 5.04. The molecule has 23 heavy (non-hydrogen) atoms. The normalized spacial score (nSPS) is 11.8. The molecule has 2 aromatic rings. The molecule has 3 N–H and O–H groups in total. The molecule has 7 heteroatoms. The molecule has 0 aliphatic rings. The smallest absolute Gasteiger partial charge is 0.261 e. The molecule has 0 aliphatic carbocycles. The van der Waals surface area contributed by atoms with Crippen molar-refractivity contribution in [3.05, 3.63) is 40.4 Å². The van der Waals surface area contributed by atoms with E-state index in [0.29, 0.717) is 24.0 Å². The van der Waals surface area contributed by atoms with Crippen LogP contribution in [-0.4, -0.2) is 28.0 Å². The summed E-state index contributed by atoms with van der Waals surface area (Å²) < 4.78 is 1.48. The fraction of sp³-hybridized carbons (Fsp3) is 0.438. The van der Waals surface area contributed by atoms with Gasteiger partial charge in [-0.1, -0.05) is 12.1 Å². The van der Waals surface area contributed by atoms with E-state index < -0.39 is 0 Å². The molecule has 1 amide bonds. The van der Waals surface area contributed by atoms with Crippen LogP contribution in [0.3, 0.4) is 0 Å². The zero-order chi connectivity index (χ0) is 16.1. The first-order valence-electron chi connectivity index (χ1n) is 7.46. The Hall–Kier alpha value is -1.92. The van der Waals surface area contributed by atoms with Crippen LogP contribution in [0.4, 0.5) is 0 Å². The van der Waals surface area contributed by atoms with E-state index in [4.69, 9.17) is 5.73 Å². The minimum absolute atomic E-state index is 0.